The molecule has 0 amide bonds. The first-order valence-corrected chi connectivity index (χ1v) is 10.6. The maximum Gasteiger partial charge on any atom is 0.294 e. The first-order valence-electron chi connectivity index (χ1n) is 9.14. The summed E-state index contributed by atoms with van der Waals surface area (Å²) in [6.07, 6.45) is 1.01. The molecule has 0 spiro atoms. The van der Waals surface area contributed by atoms with Crippen LogP contribution in [0.15, 0.2) is 71.6 Å². The van der Waals surface area contributed by atoms with E-state index in [-0.39, 0.29) is 16.9 Å². The molecular formula is C22H25NO4S. The predicted molar refractivity (Wildman–Crippen MR) is 111 cm³/mol. The lowest BCUT2D eigenvalue weighted by molar-refractivity contribution is 0.264. The van der Waals surface area contributed by atoms with E-state index in [0.717, 1.165) is 12.0 Å². The van der Waals surface area contributed by atoms with Gasteiger partial charge in [-0.25, -0.2) is 0 Å². The topological polar surface area (TPSA) is 101 Å². The van der Waals surface area contributed by atoms with Gasteiger partial charge in [-0.15, -0.1) is 0 Å². The molecule has 1 fully saturated rings. The van der Waals surface area contributed by atoms with Crippen molar-refractivity contribution >= 4 is 20.9 Å². The van der Waals surface area contributed by atoms with Crippen LogP contribution >= 0.6 is 0 Å². The summed E-state index contributed by atoms with van der Waals surface area (Å²) < 4.78 is 29.6. The second-order valence-corrected chi connectivity index (χ2v) is 8.72. The second-order valence-electron chi connectivity index (χ2n) is 7.29. The lowest BCUT2D eigenvalue weighted by Gasteiger charge is -2.15. The van der Waals surface area contributed by atoms with E-state index in [9.17, 15) is 13.5 Å². The Balaban J connectivity index is 0.000000178. The van der Waals surface area contributed by atoms with E-state index in [1.807, 2.05) is 13.0 Å². The van der Waals surface area contributed by atoms with E-state index in [4.69, 9.17) is 10.3 Å². The summed E-state index contributed by atoms with van der Waals surface area (Å²) in [6, 6.07) is 20.9. The molecule has 6 heteroatoms. The van der Waals surface area contributed by atoms with Gasteiger partial charge in [0.05, 0.1) is 4.90 Å². The quantitative estimate of drug-likeness (QED) is 0.585. The molecule has 2 unspecified atom stereocenters. The molecule has 0 aliphatic heterocycles. The zero-order valence-electron chi connectivity index (χ0n) is 15.7. The van der Waals surface area contributed by atoms with Gasteiger partial charge in [-0.05, 0) is 47.7 Å². The molecule has 4 rings (SSSR count). The third-order valence-electron chi connectivity index (χ3n) is 5.46. The van der Waals surface area contributed by atoms with E-state index in [1.54, 1.807) is 12.1 Å². The summed E-state index contributed by atoms with van der Waals surface area (Å²) in [6.45, 7) is 2.70. The van der Waals surface area contributed by atoms with Crippen LogP contribution in [0.3, 0.4) is 0 Å². The van der Waals surface area contributed by atoms with Gasteiger partial charge in [0.1, 0.15) is 0 Å². The van der Waals surface area contributed by atoms with Crippen LogP contribution < -0.4 is 5.73 Å². The summed E-state index contributed by atoms with van der Waals surface area (Å²) in [4.78, 5) is -0.0666. The molecule has 28 heavy (non-hydrogen) atoms. The van der Waals surface area contributed by atoms with Crippen molar-refractivity contribution in [2.75, 3.05) is 13.2 Å². The minimum absolute atomic E-state index is 0.0266. The van der Waals surface area contributed by atoms with Gasteiger partial charge in [-0.1, -0.05) is 60.2 Å². The smallest absolute Gasteiger partial charge is 0.294 e. The normalized spacial score (nSPS) is 21.1. The fourth-order valence-electron chi connectivity index (χ4n) is 3.55. The van der Waals surface area contributed by atoms with Gasteiger partial charge in [-0.2, -0.15) is 8.42 Å². The Hall–Kier alpha value is -2.25. The number of hydrogen-bond donors (Lipinski definition) is 3. The highest BCUT2D eigenvalue weighted by Crippen LogP contribution is 2.53. The molecule has 5 nitrogen and oxygen atoms in total. The summed E-state index contributed by atoms with van der Waals surface area (Å²) in [5.41, 5.74) is 8.16. The molecule has 3 aromatic carbocycles. The number of benzene rings is 3. The molecule has 0 saturated heterocycles. The Bertz CT molecular complexity index is 1060. The fourth-order valence-corrected chi connectivity index (χ4v) is 4.03. The molecule has 1 aliphatic rings. The highest BCUT2D eigenvalue weighted by atomic mass is 32.2. The van der Waals surface area contributed by atoms with Crippen molar-refractivity contribution in [2.24, 2.45) is 11.7 Å². The van der Waals surface area contributed by atoms with Crippen LogP contribution in [-0.4, -0.2) is 31.2 Å². The summed E-state index contributed by atoms with van der Waals surface area (Å²) in [5, 5.41) is 11.8. The van der Waals surface area contributed by atoms with Crippen molar-refractivity contribution in [1.82, 2.24) is 0 Å². The van der Waals surface area contributed by atoms with Crippen molar-refractivity contribution < 1.29 is 18.1 Å². The van der Waals surface area contributed by atoms with Crippen molar-refractivity contribution in [3.05, 3.63) is 77.9 Å². The molecule has 0 heterocycles. The molecule has 0 radical (unpaired) electrons. The predicted octanol–water partition coefficient (Wildman–Crippen LogP) is 3.29. The van der Waals surface area contributed by atoms with Gasteiger partial charge < -0.3 is 10.8 Å². The monoisotopic (exact) mass is 399 g/mol. The van der Waals surface area contributed by atoms with E-state index in [2.05, 4.69) is 36.4 Å². The molecule has 2 atom stereocenters. The zero-order valence-corrected chi connectivity index (χ0v) is 16.6. The number of rotatable bonds is 4. The zero-order chi connectivity index (χ0) is 20.4. The average Bonchev–Trinajstić information content (AvgIpc) is 3.43. The van der Waals surface area contributed by atoms with Crippen molar-refractivity contribution in [3.8, 4) is 0 Å². The molecule has 4 N–H and O–H groups in total. The Morgan fingerprint density at radius 2 is 1.68 bits per heavy atom. The lowest BCUT2D eigenvalue weighted by atomic mass is 9.91. The van der Waals surface area contributed by atoms with Gasteiger partial charge in [0.25, 0.3) is 10.1 Å². The molecule has 0 bridgehead atoms. The van der Waals surface area contributed by atoms with Crippen LogP contribution in [0.25, 0.3) is 10.8 Å². The number of aliphatic hydroxyl groups excluding tert-OH is 1. The molecule has 0 aromatic heterocycles. The van der Waals surface area contributed by atoms with Crippen LogP contribution in [0.2, 0.25) is 0 Å². The SMILES string of the molecule is Cc1ccc(S(=O)(=O)O)cc1.NCC1(c2ccc3ccccc3c2)CC1CO. The Kier molecular flexibility index (Phi) is 5.86. The number of fused-ring (bicyclic) bond motifs is 1. The molecular weight excluding hydrogens is 374 g/mol. The van der Waals surface area contributed by atoms with Gasteiger partial charge >= 0.3 is 0 Å². The third kappa shape index (κ3) is 4.25. The van der Waals surface area contributed by atoms with E-state index >= 15 is 0 Å². The minimum Gasteiger partial charge on any atom is -0.396 e. The number of aliphatic hydroxyl groups is 1. The first kappa shape index (κ1) is 20.5. The highest BCUT2D eigenvalue weighted by molar-refractivity contribution is 7.85. The largest absolute Gasteiger partial charge is 0.396 e. The van der Waals surface area contributed by atoms with Crippen molar-refractivity contribution in [3.63, 3.8) is 0 Å². The standard InChI is InChI=1S/C15H17NO.C7H8O3S/c16-10-15(8-14(15)9-17)13-6-5-11-3-1-2-4-12(11)7-13;1-6-2-4-7(5-3-6)11(8,9)10/h1-7,14,17H,8-10,16H2;2-5H,1H3,(H,8,9,10). The highest BCUT2D eigenvalue weighted by Gasteiger charge is 2.53. The van der Waals surface area contributed by atoms with Crippen LogP contribution in [-0.2, 0) is 15.5 Å². The van der Waals surface area contributed by atoms with Crippen LogP contribution in [0.4, 0.5) is 0 Å². The van der Waals surface area contributed by atoms with Gasteiger partial charge in [0.15, 0.2) is 0 Å². The lowest BCUT2D eigenvalue weighted by Crippen LogP contribution is -2.23. The Morgan fingerprint density at radius 1 is 1.04 bits per heavy atom. The molecule has 3 aromatic rings. The third-order valence-corrected chi connectivity index (χ3v) is 6.33. The molecule has 1 saturated carbocycles. The van der Waals surface area contributed by atoms with Crippen LogP contribution in [0.5, 0.6) is 0 Å². The second kappa shape index (κ2) is 8.01. The Morgan fingerprint density at radius 3 is 2.21 bits per heavy atom. The fraction of sp³-hybridized carbons (Fsp3) is 0.273. The minimum atomic E-state index is -4.02. The van der Waals surface area contributed by atoms with E-state index < -0.39 is 10.1 Å². The van der Waals surface area contributed by atoms with Crippen molar-refractivity contribution in [2.45, 2.75) is 23.7 Å². The molecule has 1 aliphatic carbocycles. The molecule has 148 valence electrons. The number of hydrogen-bond acceptors (Lipinski definition) is 4. The van der Waals surface area contributed by atoms with Crippen molar-refractivity contribution in [1.29, 1.82) is 0 Å². The maximum atomic E-state index is 10.5. The first-order chi connectivity index (χ1) is 13.3. The van der Waals surface area contributed by atoms with Gasteiger partial charge in [0, 0.05) is 18.6 Å². The summed E-state index contributed by atoms with van der Waals surface area (Å²) >= 11 is 0. The van der Waals surface area contributed by atoms with E-state index in [0.29, 0.717) is 12.5 Å². The summed E-state index contributed by atoms with van der Waals surface area (Å²) in [5.74, 6) is 0.341. The van der Waals surface area contributed by atoms with Gasteiger partial charge in [0.2, 0.25) is 0 Å². The number of aryl methyl sites for hydroxylation is 1. The summed E-state index contributed by atoms with van der Waals surface area (Å²) in [7, 11) is -4.02. The van der Waals surface area contributed by atoms with Crippen LogP contribution in [0.1, 0.15) is 17.5 Å². The average molecular weight is 400 g/mol. The maximum absolute atomic E-state index is 10.5. The number of nitrogens with two attached hydrogens (primary N) is 1. The van der Waals surface area contributed by atoms with E-state index in [1.165, 1.54) is 28.5 Å². The van der Waals surface area contributed by atoms with Gasteiger partial charge in [-0.3, -0.25) is 4.55 Å². The Labute approximate surface area is 165 Å². The van der Waals surface area contributed by atoms with Crippen LogP contribution in [0, 0.1) is 12.8 Å².